The maximum absolute atomic E-state index is 11.8. The van der Waals surface area contributed by atoms with Gasteiger partial charge in [-0.25, -0.2) is 0 Å². The van der Waals surface area contributed by atoms with Crippen molar-refractivity contribution < 1.29 is 19.0 Å². The molecule has 0 saturated heterocycles. The molecule has 3 rings (SSSR count). The van der Waals surface area contributed by atoms with E-state index < -0.39 is 0 Å². The lowest BCUT2D eigenvalue weighted by Crippen LogP contribution is -2.02. The fourth-order valence-electron chi connectivity index (χ4n) is 2.70. The van der Waals surface area contributed by atoms with E-state index in [1.54, 1.807) is 13.2 Å². The molecule has 132 valence electrons. The van der Waals surface area contributed by atoms with E-state index >= 15 is 0 Å². The van der Waals surface area contributed by atoms with Gasteiger partial charge >= 0.3 is 0 Å². The highest BCUT2D eigenvalue weighted by Gasteiger charge is 2.14. The molecule has 0 unspecified atom stereocenters. The van der Waals surface area contributed by atoms with Crippen molar-refractivity contribution in [2.45, 2.75) is 6.61 Å². The molecule has 0 spiro atoms. The van der Waals surface area contributed by atoms with Gasteiger partial charge in [0.25, 0.3) is 0 Å². The summed E-state index contributed by atoms with van der Waals surface area (Å²) >= 11 is 0. The Hall–Kier alpha value is -3.11. The molecular weight excluding hydrogens is 328 g/mol. The van der Waals surface area contributed by atoms with Crippen molar-refractivity contribution in [2.75, 3.05) is 13.9 Å². The molecule has 0 aliphatic rings. The van der Waals surface area contributed by atoms with Gasteiger partial charge in [0.05, 0.1) is 5.56 Å². The second-order valence-electron chi connectivity index (χ2n) is 5.66. The van der Waals surface area contributed by atoms with Crippen LogP contribution in [-0.4, -0.2) is 20.2 Å². The van der Waals surface area contributed by atoms with Crippen LogP contribution in [0.3, 0.4) is 0 Å². The van der Waals surface area contributed by atoms with E-state index in [0.717, 1.165) is 23.0 Å². The molecule has 0 atom stereocenters. The molecule has 3 aromatic carbocycles. The van der Waals surface area contributed by atoms with Crippen molar-refractivity contribution in [3.8, 4) is 22.6 Å². The molecule has 0 aromatic heterocycles. The number of rotatable bonds is 8. The van der Waals surface area contributed by atoms with Crippen LogP contribution in [0.15, 0.2) is 72.8 Å². The average Bonchev–Trinajstić information content (AvgIpc) is 2.71. The van der Waals surface area contributed by atoms with Gasteiger partial charge < -0.3 is 14.2 Å². The molecule has 0 heterocycles. The normalized spacial score (nSPS) is 10.3. The van der Waals surface area contributed by atoms with Gasteiger partial charge in [-0.2, -0.15) is 0 Å². The number of hydrogen-bond acceptors (Lipinski definition) is 4. The lowest BCUT2D eigenvalue weighted by atomic mass is 9.98. The molecule has 0 saturated carbocycles. The predicted octanol–water partition coefficient (Wildman–Crippen LogP) is 4.73. The molecule has 26 heavy (non-hydrogen) atoms. The quantitative estimate of drug-likeness (QED) is 0.436. The highest BCUT2D eigenvalue weighted by atomic mass is 16.7. The van der Waals surface area contributed by atoms with Crippen molar-refractivity contribution in [1.29, 1.82) is 0 Å². The van der Waals surface area contributed by atoms with E-state index in [4.69, 9.17) is 14.2 Å². The summed E-state index contributed by atoms with van der Waals surface area (Å²) in [6, 6.07) is 22.9. The second kappa shape index (κ2) is 8.83. The van der Waals surface area contributed by atoms with Crippen LogP contribution in [0.4, 0.5) is 0 Å². The largest absolute Gasteiger partial charge is 0.488 e. The fraction of sp³-hybridized carbons (Fsp3) is 0.136. The summed E-state index contributed by atoms with van der Waals surface area (Å²) < 4.78 is 16.5. The van der Waals surface area contributed by atoms with E-state index in [9.17, 15) is 4.79 Å². The first-order chi connectivity index (χ1) is 12.8. The third-order valence-corrected chi connectivity index (χ3v) is 3.93. The van der Waals surface area contributed by atoms with Crippen LogP contribution in [0.2, 0.25) is 0 Å². The van der Waals surface area contributed by atoms with Crippen molar-refractivity contribution in [3.05, 3.63) is 83.9 Å². The highest BCUT2D eigenvalue weighted by molar-refractivity contribution is 5.92. The van der Waals surface area contributed by atoms with Crippen LogP contribution in [-0.2, 0) is 11.3 Å². The zero-order chi connectivity index (χ0) is 18.2. The Balaban J connectivity index is 1.93. The number of hydrogen-bond donors (Lipinski definition) is 0. The van der Waals surface area contributed by atoms with Crippen LogP contribution >= 0.6 is 0 Å². The Kier molecular flexibility index (Phi) is 6.01. The number of ether oxygens (including phenoxy) is 3. The number of carbonyl (C=O) groups excluding carboxylic acids is 1. The topological polar surface area (TPSA) is 44.8 Å². The standard InChI is InChI=1S/C22H20O4/c1-24-16-26-21-12-6-5-10-19(21)18-11-7-13-22(20(18)14-23)25-15-17-8-3-2-4-9-17/h2-14H,15-16H2,1H3. The van der Waals surface area contributed by atoms with Gasteiger partial charge in [-0.15, -0.1) is 0 Å². The van der Waals surface area contributed by atoms with E-state index in [1.807, 2.05) is 66.7 Å². The van der Waals surface area contributed by atoms with Crippen molar-refractivity contribution in [1.82, 2.24) is 0 Å². The smallest absolute Gasteiger partial charge is 0.188 e. The van der Waals surface area contributed by atoms with E-state index in [1.165, 1.54) is 0 Å². The van der Waals surface area contributed by atoms with Crippen molar-refractivity contribution in [3.63, 3.8) is 0 Å². The molecule has 0 bridgehead atoms. The monoisotopic (exact) mass is 348 g/mol. The van der Waals surface area contributed by atoms with E-state index in [0.29, 0.717) is 23.7 Å². The van der Waals surface area contributed by atoms with Crippen LogP contribution in [0.1, 0.15) is 15.9 Å². The Morgan fingerprint density at radius 3 is 2.23 bits per heavy atom. The molecular formula is C22H20O4. The molecule has 0 aliphatic heterocycles. The minimum Gasteiger partial charge on any atom is -0.488 e. The van der Waals surface area contributed by atoms with Gasteiger partial charge in [0.1, 0.15) is 18.1 Å². The van der Waals surface area contributed by atoms with Crippen molar-refractivity contribution in [2.24, 2.45) is 0 Å². The summed E-state index contributed by atoms with van der Waals surface area (Å²) in [6.45, 7) is 0.532. The van der Waals surface area contributed by atoms with E-state index in [-0.39, 0.29) is 6.79 Å². The van der Waals surface area contributed by atoms with E-state index in [2.05, 4.69) is 0 Å². The Bertz CT molecular complexity index is 859. The third-order valence-electron chi connectivity index (χ3n) is 3.93. The van der Waals surface area contributed by atoms with Crippen molar-refractivity contribution >= 4 is 6.29 Å². The number of carbonyl (C=O) groups is 1. The number of para-hydroxylation sites is 1. The van der Waals surface area contributed by atoms with Gasteiger partial charge in [-0.1, -0.05) is 60.7 Å². The maximum atomic E-state index is 11.8. The molecule has 4 nitrogen and oxygen atoms in total. The first kappa shape index (κ1) is 17.7. The lowest BCUT2D eigenvalue weighted by molar-refractivity contribution is 0.0515. The molecule has 0 amide bonds. The molecule has 3 aromatic rings. The summed E-state index contributed by atoms with van der Waals surface area (Å²) in [4.78, 5) is 11.8. The highest BCUT2D eigenvalue weighted by Crippen LogP contribution is 2.35. The van der Waals surface area contributed by atoms with Crippen LogP contribution in [0.25, 0.3) is 11.1 Å². The van der Waals surface area contributed by atoms with Crippen LogP contribution < -0.4 is 9.47 Å². The van der Waals surface area contributed by atoms with Gasteiger partial charge in [0, 0.05) is 12.7 Å². The third kappa shape index (κ3) is 4.10. The molecule has 0 radical (unpaired) electrons. The summed E-state index contributed by atoms with van der Waals surface area (Å²) in [5.74, 6) is 1.19. The lowest BCUT2D eigenvalue weighted by Gasteiger charge is -2.15. The molecule has 0 fully saturated rings. The Morgan fingerprint density at radius 2 is 1.46 bits per heavy atom. The van der Waals surface area contributed by atoms with Crippen LogP contribution in [0, 0.1) is 0 Å². The molecule has 4 heteroatoms. The molecule has 0 aliphatic carbocycles. The van der Waals surface area contributed by atoms with Gasteiger partial charge in [-0.3, -0.25) is 4.79 Å². The number of aldehydes is 1. The average molecular weight is 348 g/mol. The SMILES string of the molecule is COCOc1ccccc1-c1cccc(OCc2ccccc2)c1C=O. The summed E-state index contributed by atoms with van der Waals surface area (Å²) in [5, 5.41) is 0. The summed E-state index contributed by atoms with van der Waals surface area (Å²) in [5.41, 5.74) is 3.12. The first-order valence-corrected chi connectivity index (χ1v) is 8.29. The van der Waals surface area contributed by atoms with Gasteiger partial charge in [-0.05, 0) is 23.3 Å². The Labute approximate surface area is 153 Å². The van der Waals surface area contributed by atoms with Crippen LogP contribution in [0.5, 0.6) is 11.5 Å². The predicted molar refractivity (Wildman–Crippen MR) is 101 cm³/mol. The summed E-state index contributed by atoms with van der Waals surface area (Å²) in [7, 11) is 1.57. The number of benzene rings is 3. The maximum Gasteiger partial charge on any atom is 0.188 e. The first-order valence-electron chi connectivity index (χ1n) is 8.29. The number of methoxy groups -OCH3 is 1. The van der Waals surface area contributed by atoms with Gasteiger partial charge in [0.2, 0.25) is 0 Å². The second-order valence-corrected chi connectivity index (χ2v) is 5.66. The minimum atomic E-state index is 0.137. The molecule has 0 N–H and O–H groups in total. The summed E-state index contributed by atoms with van der Waals surface area (Å²) in [6.07, 6.45) is 0.822. The zero-order valence-electron chi connectivity index (χ0n) is 14.6. The van der Waals surface area contributed by atoms with Gasteiger partial charge in [0.15, 0.2) is 13.1 Å². The zero-order valence-corrected chi connectivity index (χ0v) is 14.6. The fourth-order valence-corrected chi connectivity index (χ4v) is 2.70. The Morgan fingerprint density at radius 1 is 0.769 bits per heavy atom. The minimum absolute atomic E-state index is 0.137.